The van der Waals surface area contributed by atoms with E-state index in [1.165, 1.54) is 4.90 Å². The van der Waals surface area contributed by atoms with Crippen LogP contribution < -0.4 is 4.90 Å². The fourth-order valence-corrected chi connectivity index (χ4v) is 1.89. The van der Waals surface area contributed by atoms with Gasteiger partial charge in [0.1, 0.15) is 11.4 Å². The van der Waals surface area contributed by atoms with Crippen LogP contribution in [0.3, 0.4) is 0 Å². The van der Waals surface area contributed by atoms with Crippen LogP contribution in [-0.2, 0) is 4.79 Å². The molecule has 0 saturated carbocycles. The Morgan fingerprint density at radius 2 is 2.12 bits per heavy atom. The largest absolute Gasteiger partial charge is 0.359 e. The third-order valence-corrected chi connectivity index (χ3v) is 2.80. The summed E-state index contributed by atoms with van der Waals surface area (Å²) in [6.45, 7) is 1.75. The summed E-state index contributed by atoms with van der Waals surface area (Å²) in [7, 11) is 1.65. The van der Waals surface area contributed by atoms with E-state index in [9.17, 15) is 4.79 Å². The van der Waals surface area contributed by atoms with Crippen molar-refractivity contribution in [1.82, 2.24) is 5.16 Å². The van der Waals surface area contributed by atoms with Crippen molar-refractivity contribution in [2.45, 2.75) is 6.92 Å². The number of amides is 1. The van der Waals surface area contributed by atoms with E-state index in [-0.39, 0.29) is 0 Å². The number of aromatic nitrogens is 1. The Balaban J connectivity index is 2.61. The van der Waals surface area contributed by atoms with E-state index in [4.69, 9.17) is 16.1 Å². The second kappa shape index (κ2) is 4.59. The highest BCUT2D eigenvalue weighted by Crippen LogP contribution is 2.35. The van der Waals surface area contributed by atoms with Crippen molar-refractivity contribution in [2.24, 2.45) is 0 Å². The van der Waals surface area contributed by atoms with E-state index < -0.39 is 0 Å². The van der Waals surface area contributed by atoms with Crippen molar-refractivity contribution >= 4 is 23.7 Å². The molecule has 0 aliphatic rings. The van der Waals surface area contributed by atoms with Gasteiger partial charge in [0.2, 0.25) is 6.41 Å². The average Bonchev–Trinajstić information content (AvgIpc) is 2.71. The van der Waals surface area contributed by atoms with E-state index >= 15 is 0 Å². The van der Waals surface area contributed by atoms with Gasteiger partial charge in [-0.25, -0.2) is 0 Å². The molecule has 1 amide bonds. The number of aryl methyl sites for hydroxylation is 1. The lowest BCUT2D eigenvalue weighted by Gasteiger charge is -2.11. The molecule has 0 saturated heterocycles. The number of nitrogens with zero attached hydrogens (tertiary/aromatic N) is 2. The number of carbonyl (C=O) groups is 1. The van der Waals surface area contributed by atoms with Crippen LogP contribution in [0, 0.1) is 6.92 Å². The molecular formula is C12H11ClN2O2. The van der Waals surface area contributed by atoms with E-state index in [2.05, 4.69) is 5.16 Å². The molecule has 0 bridgehead atoms. The van der Waals surface area contributed by atoms with Crippen molar-refractivity contribution < 1.29 is 9.32 Å². The summed E-state index contributed by atoms with van der Waals surface area (Å²) in [4.78, 5) is 12.3. The Morgan fingerprint density at radius 3 is 2.76 bits per heavy atom. The van der Waals surface area contributed by atoms with E-state index in [1.54, 1.807) is 20.0 Å². The summed E-state index contributed by atoms with van der Waals surface area (Å²) in [5.41, 5.74) is 1.95. The summed E-state index contributed by atoms with van der Waals surface area (Å²) in [5, 5.41) is 4.53. The Labute approximate surface area is 104 Å². The van der Waals surface area contributed by atoms with Crippen molar-refractivity contribution in [1.29, 1.82) is 0 Å². The van der Waals surface area contributed by atoms with Gasteiger partial charge in [-0.1, -0.05) is 35.0 Å². The van der Waals surface area contributed by atoms with Gasteiger partial charge < -0.3 is 9.42 Å². The minimum atomic E-state index is 0.571. The maximum absolute atomic E-state index is 10.8. The molecule has 0 fully saturated rings. The number of hydrogen-bond donors (Lipinski definition) is 0. The molecule has 1 heterocycles. The predicted octanol–water partition coefficient (Wildman–Crippen LogP) is 2.90. The fourth-order valence-electron chi connectivity index (χ4n) is 1.67. The van der Waals surface area contributed by atoms with Gasteiger partial charge in [0.25, 0.3) is 0 Å². The van der Waals surface area contributed by atoms with Crippen molar-refractivity contribution in [2.75, 3.05) is 11.9 Å². The summed E-state index contributed by atoms with van der Waals surface area (Å²) in [6.07, 6.45) is 0.708. The van der Waals surface area contributed by atoms with Gasteiger partial charge in [-0.15, -0.1) is 0 Å². The molecule has 0 N–H and O–H groups in total. The summed E-state index contributed by atoms with van der Waals surface area (Å²) < 4.78 is 5.12. The molecule has 0 spiro atoms. The first-order valence-corrected chi connectivity index (χ1v) is 5.42. The molecule has 17 heavy (non-hydrogen) atoms. The van der Waals surface area contributed by atoms with Gasteiger partial charge in [0.05, 0.1) is 5.02 Å². The maximum atomic E-state index is 10.8. The first kappa shape index (κ1) is 11.7. The molecule has 0 aliphatic carbocycles. The molecular weight excluding hydrogens is 240 g/mol. The van der Waals surface area contributed by atoms with Gasteiger partial charge in [-0.2, -0.15) is 0 Å². The number of rotatable bonds is 3. The molecule has 1 aromatic carbocycles. The topological polar surface area (TPSA) is 46.3 Å². The van der Waals surface area contributed by atoms with Gasteiger partial charge in [0.15, 0.2) is 5.76 Å². The zero-order chi connectivity index (χ0) is 12.4. The first-order valence-electron chi connectivity index (χ1n) is 5.04. The number of halogens is 1. The molecule has 4 nitrogen and oxygen atoms in total. The number of carbonyl (C=O) groups excluding carboxylic acids is 1. The second-order valence-corrected chi connectivity index (χ2v) is 4.04. The van der Waals surface area contributed by atoms with Gasteiger partial charge in [-0.05, 0) is 13.0 Å². The van der Waals surface area contributed by atoms with Crippen LogP contribution in [0.4, 0.5) is 5.69 Å². The predicted molar refractivity (Wildman–Crippen MR) is 66.2 cm³/mol. The zero-order valence-corrected chi connectivity index (χ0v) is 10.2. The van der Waals surface area contributed by atoms with E-state index in [0.717, 1.165) is 5.56 Å². The van der Waals surface area contributed by atoms with Crippen LogP contribution in [0.2, 0.25) is 5.02 Å². The monoisotopic (exact) mass is 250 g/mol. The molecule has 2 rings (SSSR count). The minimum absolute atomic E-state index is 0.571. The minimum Gasteiger partial charge on any atom is -0.359 e. The average molecular weight is 251 g/mol. The van der Waals surface area contributed by atoms with Crippen LogP contribution in [0.15, 0.2) is 28.8 Å². The molecule has 0 unspecified atom stereocenters. The summed E-state index contributed by atoms with van der Waals surface area (Å²) in [5.74, 6) is 0.578. The molecule has 5 heteroatoms. The molecule has 0 radical (unpaired) electrons. The standard InChI is InChI=1S/C12H11ClN2O2/c1-8-12(15(2)7-16)11(14-17-8)9-5-3-4-6-10(9)13/h3-7H,1-2H3. The van der Waals surface area contributed by atoms with Crippen molar-refractivity contribution in [3.63, 3.8) is 0 Å². The highest BCUT2D eigenvalue weighted by molar-refractivity contribution is 6.33. The lowest BCUT2D eigenvalue weighted by atomic mass is 10.1. The smallest absolute Gasteiger partial charge is 0.214 e. The Kier molecular flexibility index (Phi) is 3.15. The highest BCUT2D eigenvalue weighted by Gasteiger charge is 2.19. The fraction of sp³-hybridized carbons (Fsp3) is 0.167. The van der Waals surface area contributed by atoms with E-state index in [1.807, 2.05) is 18.2 Å². The van der Waals surface area contributed by atoms with Gasteiger partial charge in [0, 0.05) is 12.6 Å². The van der Waals surface area contributed by atoms with Crippen LogP contribution >= 0.6 is 11.6 Å². The first-order chi connectivity index (χ1) is 8.15. The maximum Gasteiger partial charge on any atom is 0.214 e. The third kappa shape index (κ3) is 2.03. The molecule has 0 atom stereocenters. The van der Waals surface area contributed by atoms with Crippen LogP contribution in [-0.4, -0.2) is 18.6 Å². The Morgan fingerprint density at radius 1 is 1.41 bits per heavy atom. The van der Waals surface area contributed by atoms with Crippen LogP contribution in [0.25, 0.3) is 11.3 Å². The Bertz CT molecular complexity index is 551. The number of hydrogen-bond acceptors (Lipinski definition) is 3. The van der Waals surface area contributed by atoms with E-state index in [0.29, 0.717) is 28.6 Å². The number of anilines is 1. The second-order valence-electron chi connectivity index (χ2n) is 3.63. The normalized spacial score (nSPS) is 10.3. The summed E-state index contributed by atoms with van der Waals surface area (Å²) in [6, 6.07) is 7.30. The molecule has 1 aromatic heterocycles. The molecule has 2 aromatic rings. The van der Waals surface area contributed by atoms with Crippen molar-refractivity contribution in [3.05, 3.63) is 35.0 Å². The third-order valence-electron chi connectivity index (χ3n) is 2.47. The summed E-state index contributed by atoms with van der Waals surface area (Å²) >= 11 is 6.10. The molecule has 88 valence electrons. The zero-order valence-electron chi connectivity index (χ0n) is 9.48. The quantitative estimate of drug-likeness (QED) is 0.787. The van der Waals surface area contributed by atoms with Crippen molar-refractivity contribution in [3.8, 4) is 11.3 Å². The lowest BCUT2D eigenvalue weighted by molar-refractivity contribution is -0.107. The van der Waals surface area contributed by atoms with Gasteiger partial charge in [-0.3, -0.25) is 4.79 Å². The lowest BCUT2D eigenvalue weighted by Crippen LogP contribution is -2.14. The van der Waals surface area contributed by atoms with Gasteiger partial charge >= 0.3 is 0 Å². The highest BCUT2D eigenvalue weighted by atomic mass is 35.5. The van der Waals surface area contributed by atoms with Crippen LogP contribution in [0.5, 0.6) is 0 Å². The molecule has 0 aliphatic heterocycles. The van der Waals surface area contributed by atoms with Crippen LogP contribution in [0.1, 0.15) is 5.76 Å². The SMILES string of the molecule is Cc1onc(-c2ccccc2Cl)c1N(C)C=O. The number of benzene rings is 1. The Hall–Kier alpha value is -1.81.